The zero-order valence-corrected chi connectivity index (χ0v) is 27.0. The van der Waals surface area contributed by atoms with Gasteiger partial charge in [0.15, 0.2) is 36.4 Å². The first-order valence-electron chi connectivity index (χ1n) is 17.2. The molecule has 0 N–H and O–H groups in total. The lowest BCUT2D eigenvalue weighted by Crippen LogP contribution is -2.70. The summed E-state index contributed by atoms with van der Waals surface area (Å²) in [7, 11) is 0. The van der Waals surface area contributed by atoms with Gasteiger partial charge in [-0.2, -0.15) is 0 Å². The van der Waals surface area contributed by atoms with Gasteiger partial charge in [0.1, 0.15) is 0 Å². The van der Waals surface area contributed by atoms with Crippen molar-refractivity contribution in [3.63, 3.8) is 0 Å². The highest BCUT2D eigenvalue weighted by molar-refractivity contribution is 5.10. The van der Waals surface area contributed by atoms with E-state index in [1.807, 2.05) is 20.8 Å². The largest absolute Gasteiger partial charge is 0.350 e. The molecule has 0 unspecified atom stereocenters. The van der Waals surface area contributed by atoms with E-state index in [0.29, 0.717) is 30.3 Å². The molecule has 0 aromatic heterocycles. The molecule has 0 aromatic carbocycles. The highest BCUT2D eigenvalue weighted by Gasteiger charge is 2.71. The number of ether oxygens (including phenoxy) is 6. The van der Waals surface area contributed by atoms with E-state index in [0.717, 1.165) is 51.4 Å². The van der Waals surface area contributed by atoms with Crippen LogP contribution in [-0.4, -0.2) is 60.6 Å². The van der Waals surface area contributed by atoms with Crippen LogP contribution in [0.2, 0.25) is 0 Å². The van der Waals surface area contributed by atoms with Gasteiger partial charge in [0.05, 0.1) is 12.7 Å². The van der Waals surface area contributed by atoms with Crippen LogP contribution in [0.5, 0.6) is 0 Å². The van der Waals surface area contributed by atoms with Gasteiger partial charge in [0, 0.05) is 36.5 Å². The van der Waals surface area contributed by atoms with Gasteiger partial charge in [0.25, 0.3) is 0 Å². The van der Waals surface area contributed by atoms with Crippen LogP contribution in [0.1, 0.15) is 99.8 Å². The molecule has 10 rings (SSSR count). The lowest BCUT2D eigenvalue weighted by atomic mass is 9.58. The first kappa shape index (κ1) is 30.0. The van der Waals surface area contributed by atoms with Crippen LogP contribution in [0, 0.1) is 47.3 Å². The van der Waals surface area contributed by atoms with Gasteiger partial charge < -0.3 is 28.4 Å². The van der Waals surface area contributed by atoms with Gasteiger partial charge in [0.2, 0.25) is 11.6 Å². The molecule has 8 saturated heterocycles. The Morgan fingerprint density at radius 3 is 1.65 bits per heavy atom. The Hall–Kier alpha value is -0.400. The van der Waals surface area contributed by atoms with E-state index in [-0.39, 0.29) is 29.8 Å². The smallest absolute Gasteiger partial charge is 0.201 e. The summed E-state index contributed by atoms with van der Waals surface area (Å²) in [5.41, 5.74) is -1.18. The maximum atomic E-state index is 6.65. The Morgan fingerprint density at radius 2 is 1.12 bits per heavy atom. The van der Waals surface area contributed by atoms with Gasteiger partial charge in [-0.25, -0.2) is 19.6 Å². The van der Waals surface area contributed by atoms with Crippen LogP contribution in [0.4, 0.5) is 0 Å². The fourth-order valence-corrected chi connectivity index (χ4v) is 10.6. The molecular formula is C33H52O10. The zero-order chi connectivity index (χ0) is 29.9. The molecular weight excluding hydrogens is 556 g/mol. The number of fused-ring (bicyclic) bond motifs is 4. The summed E-state index contributed by atoms with van der Waals surface area (Å²) in [4.78, 5) is 24.5. The molecule has 17 atom stereocenters. The van der Waals surface area contributed by atoms with Crippen molar-refractivity contribution in [1.29, 1.82) is 0 Å². The minimum Gasteiger partial charge on any atom is -0.350 e. The highest BCUT2D eigenvalue weighted by Crippen LogP contribution is 2.62. The van der Waals surface area contributed by atoms with Crippen LogP contribution in [0.25, 0.3) is 0 Å². The fraction of sp³-hybridized carbons (Fsp3) is 1.00. The van der Waals surface area contributed by atoms with E-state index in [4.69, 9.17) is 48.0 Å². The molecule has 10 nitrogen and oxygen atoms in total. The number of rotatable bonds is 5. The first-order valence-corrected chi connectivity index (χ1v) is 17.2. The Kier molecular flexibility index (Phi) is 7.18. The Morgan fingerprint density at radius 1 is 0.628 bits per heavy atom. The van der Waals surface area contributed by atoms with Crippen molar-refractivity contribution in [1.82, 2.24) is 0 Å². The van der Waals surface area contributed by atoms with Crippen LogP contribution in [0.15, 0.2) is 0 Å². The van der Waals surface area contributed by atoms with E-state index in [1.54, 1.807) is 0 Å². The van der Waals surface area contributed by atoms with Crippen LogP contribution >= 0.6 is 0 Å². The molecule has 4 bridgehead atoms. The second-order valence-corrected chi connectivity index (χ2v) is 15.8. The lowest BCUT2D eigenvalue weighted by molar-refractivity contribution is -0.579. The second-order valence-electron chi connectivity index (χ2n) is 15.8. The number of hydrogen-bond donors (Lipinski definition) is 0. The Bertz CT molecular complexity index is 1080. The maximum absolute atomic E-state index is 6.65. The monoisotopic (exact) mass is 608 g/mol. The highest BCUT2D eigenvalue weighted by atomic mass is 17.3. The molecule has 8 aliphatic heterocycles. The third-order valence-electron chi connectivity index (χ3n) is 13.1. The van der Waals surface area contributed by atoms with E-state index in [2.05, 4.69) is 27.7 Å². The Balaban J connectivity index is 0.956. The van der Waals surface area contributed by atoms with Crippen molar-refractivity contribution < 1.29 is 48.0 Å². The van der Waals surface area contributed by atoms with Gasteiger partial charge in [-0.15, -0.1) is 0 Å². The molecule has 2 saturated carbocycles. The SMILES string of the molecule is C[C@H]1[C@@H](O[C@@H](C)CO[C@H]2O[C@@H]3O[C@@]4(C)CC[C@H]5[C@H](C)CC[C@@H]([C@H]2C)[C@@]35OO4)O[C@@H]2O[C@@]3(C)CC[C@H]4[C@H](C)CC[C@@H]1[C@@]24OO3. The molecule has 0 radical (unpaired) electrons. The molecule has 10 aliphatic rings. The third-order valence-corrected chi connectivity index (χ3v) is 13.1. The van der Waals surface area contributed by atoms with E-state index >= 15 is 0 Å². The molecule has 10 heteroatoms. The third kappa shape index (κ3) is 4.34. The van der Waals surface area contributed by atoms with Crippen LogP contribution < -0.4 is 0 Å². The van der Waals surface area contributed by atoms with Gasteiger partial charge >= 0.3 is 0 Å². The normalized spacial score (nSPS) is 59.5. The molecule has 0 amide bonds. The van der Waals surface area contributed by atoms with Crippen LogP contribution in [0.3, 0.4) is 0 Å². The van der Waals surface area contributed by atoms with E-state index < -0.39 is 47.9 Å². The molecule has 2 spiro atoms. The minimum atomic E-state index is -0.801. The summed E-state index contributed by atoms with van der Waals surface area (Å²) in [6.45, 7) is 15.4. The van der Waals surface area contributed by atoms with Gasteiger partial charge in [-0.05, 0) is 83.0 Å². The average Bonchev–Trinajstić information content (AvgIpc) is 3.34. The summed E-state index contributed by atoms with van der Waals surface area (Å²) < 4.78 is 39.4. The first-order chi connectivity index (χ1) is 20.5. The van der Waals surface area contributed by atoms with Gasteiger partial charge in [-0.1, -0.05) is 27.7 Å². The average molecular weight is 609 g/mol. The lowest BCUT2D eigenvalue weighted by Gasteiger charge is -2.60. The summed E-state index contributed by atoms with van der Waals surface area (Å²) >= 11 is 0. The van der Waals surface area contributed by atoms with Gasteiger partial charge in [-0.3, -0.25) is 0 Å². The summed E-state index contributed by atoms with van der Waals surface area (Å²) in [6, 6.07) is 0. The number of hydrogen-bond acceptors (Lipinski definition) is 10. The van der Waals surface area contributed by atoms with Crippen molar-refractivity contribution in [3.05, 3.63) is 0 Å². The quantitative estimate of drug-likeness (QED) is 0.355. The van der Waals surface area contributed by atoms with Crippen molar-refractivity contribution in [3.8, 4) is 0 Å². The van der Waals surface area contributed by atoms with E-state index in [9.17, 15) is 0 Å². The predicted octanol–water partition coefficient (Wildman–Crippen LogP) is 5.82. The van der Waals surface area contributed by atoms with Crippen molar-refractivity contribution in [2.45, 2.75) is 154 Å². The standard InChI is InChI=1S/C33H52O10/c1-17-8-10-24-20(4)26(36-28-32(24)22(17)12-14-30(6,38-28)40-42-32)34-16-19(3)35-27-21(5)25-11-9-18(2)23-13-15-31(7)39-29(37-27)33(23,25)43-41-31/h17-29H,8-16H2,1-7H3/t17-,18-,19+,20-,21-,22+,23+,24+,25+,26+,27+,28-,29-,30-,31-,32-,33-/m1/s1. The van der Waals surface area contributed by atoms with Crippen molar-refractivity contribution in [2.24, 2.45) is 47.3 Å². The van der Waals surface area contributed by atoms with Crippen molar-refractivity contribution in [2.75, 3.05) is 6.61 Å². The van der Waals surface area contributed by atoms with E-state index in [1.165, 1.54) is 0 Å². The molecule has 8 heterocycles. The molecule has 43 heavy (non-hydrogen) atoms. The molecule has 0 aromatic rings. The van der Waals surface area contributed by atoms with Crippen molar-refractivity contribution >= 4 is 0 Å². The maximum Gasteiger partial charge on any atom is 0.201 e. The fourth-order valence-electron chi connectivity index (χ4n) is 10.6. The summed E-state index contributed by atoms with van der Waals surface area (Å²) in [5, 5.41) is 0. The van der Waals surface area contributed by atoms with Crippen LogP contribution in [-0.2, 0) is 48.0 Å². The zero-order valence-electron chi connectivity index (χ0n) is 27.0. The molecule has 244 valence electrons. The topological polar surface area (TPSA) is 92.3 Å². The molecule has 10 fully saturated rings. The Labute approximate surface area is 255 Å². The molecule has 2 aliphatic carbocycles. The minimum absolute atomic E-state index is 0.113. The summed E-state index contributed by atoms with van der Waals surface area (Å²) in [5.74, 6) is 0.794. The second kappa shape index (κ2) is 10.3. The predicted molar refractivity (Wildman–Crippen MR) is 150 cm³/mol. The summed E-state index contributed by atoms with van der Waals surface area (Å²) in [6.07, 6.45) is 5.90.